The fraction of sp³-hybridized carbons (Fsp3) is 0.227. The number of nitrogens with zero attached hydrogens (tertiary/aromatic N) is 5. The van der Waals surface area contributed by atoms with Crippen molar-refractivity contribution in [2.45, 2.75) is 6.54 Å². The third-order valence-corrected chi connectivity index (χ3v) is 5.35. The Hall–Kier alpha value is -3.46. The lowest BCUT2D eigenvalue weighted by atomic mass is 10.2. The van der Waals surface area contributed by atoms with Crippen LogP contribution in [0.1, 0.15) is 5.56 Å². The molecule has 4 aromatic rings. The summed E-state index contributed by atoms with van der Waals surface area (Å²) in [6, 6.07) is 10.9. The molecule has 2 aromatic carbocycles. The van der Waals surface area contributed by atoms with Gasteiger partial charge in [-0.1, -0.05) is 30.3 Å². The number of nitrogens with one attached hydrogen (secondary N) is 1. The Bertz CT molecular complexity index is 1250. The van der Waals surface area contributed by atoms with E-state index in [2.05, 4.69) is 20.4 Å². The van der Waals surface area contributed by atoms with E-state index in [4.69, 9.17) is 0 Å². The monoisotopic (exact) mass is 424 g/mol. The molecule has 0 spiro atoms. The van der Waals surface area contributed by atoms with Gasteiger partial charge in [0, 0.05) is 37.1 Å². The Labute approximate surface area is 176 Å². The average Bonchev–Trinajstić information content (AvgIpc) is 3.16. The molecule has 158 valence electrons. The number of hydrogen-bond donors (Lipinski definition) is 1. The molecule has 9 heteroatoms. The highest BCUT2D eigenvalue weighted by molar-refractivity contribution is 5.92. The largest absolute Gasteiger partial charge is 0.352 e. The maximum absolute atomic E-state index is 14.7. The second kappa shape index (κ2) is 7.99. The molecule has 0 amide bonds. The number of aromatic nitrogens is 4. The Morgan fingerprint density at radius 3 is 2.48 bits per heavy atom. The van der Waals surface area contributed by atoms with Gasteiger partial charge in [0.1, 0.15) is 22.8 Å². The summed E-state index contributed by atoms with van der Waals surface area (Å²) in [4.78, 5) is 10.4. The van der Waals surface area contributed by atoms with Crippen LogP contribution in [0.2, 0.25) is 0 Å². The van der Waals surface area contributed by atoms with Crippen molar-refractivity contribution in [3.8, 4) is 11.5 Å². The molecule has 0 saturated carbocycles. The van der Waals surface area contributed by atoms with E-state index in [0.29, 0.717) is 29.7 Å². The molecule has 2 aromatic heterocycles. The first-order valence-electron chi connectivity index (χ1n) is 9.99. The highest BCUT2D eigenvalue weighted by Gasteiger charge is 2.22. The fourth-order valence-corrected chi connectivity index (χ4v) is 3.83. The molecule has 1 fully saturated rings. The van der Waals surface area contributed by atoms with Crippen molar-refractivity contribution >= 4 is 16.7 Å². The zero-order valence-corrected chi connectivity index (χ0v) is 16.5. The maximum atomic E-state index is 14.7. The van der Waals surface area contributed by atoms with E-state index in [1.54, 1.807) is 30.3 Å². The van der Waals surface area contributed by atoms with Crippen molar-refractivity contribution < 1.29 is 13.2 Å². The predicted octanol–water partition coefficient (Wildman–Crippen LogP) is 3.37. The van der Waals surface area contributed by atoms with Gasteiger partial charge in [0.25, 0.3) is 0 Å². The van der Waals surface area contributed by atoms with Crippen LogP contribution in [0.5, 0.6) is 0 Å². The first-order valence-corrected chi connectivity index (χ1v) is 9.99. The van der Waals surface area contributed by atoms with Gasteiger partial charge in [-0.2, -0.15) is 5.10 Å². The van der Waals surface area contributed by atoms with Gasteiger partial charge in [0.05, 0.1) is 12.7 Å². The molecule has 3 heterocycles. The van der Waals surface area contributed by atoms with Crippen molar-refractivity contribution in [2.75, 3.05) is 31.1 Å². The van der Waals surface area contributed by atoms with Gasteiger partial charge in [-0.3, -0.25) is 4.68 Å². The lowest BCUT2D eigenvalue weighted by molar-refractivity contribution is 0.556. The first-order chi connectivity index (χ1) is 15.1. The zero-order chi connectivity index (χ0) is 21.4. The van der Waals surface area contributed by atoms with Gasteiger partial charge in [-0.25, -0.2) is 23.1 Å². The normalized spacial score (nSPS) is 14.4. The van der Waals surface area contributed by atoms with Crippen LogP contribution in [0.3, 0.4) is 0 Å². The molecule has 0 aliphatic carbocycles. The summed E-state index contributed by atoms with van der Waals surface area (Å²) >= 11 is 0. The number of fused-ring (bicyclic) bond motifs is 1. The van der Waals surface area contributed by atoms with Gasteiger partial charge < -0.3 is 10.2 Å². The van der Waals surface area contributed by atoms with Gasteiger partial charge in [-0.15, -0.1) is 0 Å². The molecule has 0 atom stereocenters. The lowest BCUT2D eigenvalue weighted by Crippen LogP contribution is -2.44. The summed E-state index contributed by atoms with van der Waals surface area (Å²) in [5, 5.41) is 8.20. The quantitative estimate of drug-likeness (QED) is 0.545. The van der Waals surface area contributed by atoms with Crippen LogP contribution >= 0.6 is 0 Å². The third-order valence-electron chi connectivity index (χ3n) is 5.35. The molecule has 1 N–H and O–H groups in total. The van der Waals surface area contributed by atoms with Gasteiger partial charge in [0.2, 0.25) is 0 Å². The standard InChI is InChI=1S/C22H19F3N6/c23-16-6-2-1-4-14(16)13-31-20-15(5-3-7-17(20)24)19(29-31)21-27-12-18(25)22(28-21)30-10-8-26-9-11-30/h1-7,12,26H,8-11,13H2. The third kappa shape index (κ3) is 3.61. The highest BCUT2D eigenvalue weighted by Crippen LogP contribution is 2.30. The van der Waals surface area contributed by atoms with Crippen LogP contribution in [0.4, 0.5) is 19.0 Å². The van der Waals surface area contributed by atoms with E-state index in [1.807, 2.05) is 4.90 Å². The van der Waals surface area contributed by atoms with E-state index < -0.39 is 17.5 Å². The smallest absolute Gasteiger partial charge is 0.183 e. The molecular formula is C22H19F3N6. The summed E-state index contributed by atoms with van der Waals surface area (Å²) in [6.07, 6.45) is 1.11. The number of rotatable bonds is 4. The minimum absolute atomic E-state index is 0.0377. The first kappa shape index (κ1) is 19.5. The van der Waals surface area contributed by atoms with Gasteiger partial charge >= 0.3 is 0 Å². The van der Waals surface area contributed by atoms with Crippen molar-refractivity contribution in [3.63, 3.8) is 0 Å². The Morgan fingerprint density at radius 2 is 1.68 bits per heavy atom. The van der Waals surface area contributed by atoms with Crippen LogP contribution in [0.15, 0.2) is 48.7 Å². The van der Waals surface area contributed by atoms with Crippen LogP contribution < -0.4 is 10.2 Å². The minimum Gasteiger partial charge on any atom is -0.352 e. The highest BCUT2D eigenvalue weighted by atomic mass is 19.1. The number of benzene rings is 2. The van der Waals surface area contributed by atoms with Crippen molar-refractivity contribution in [3.05, 3.63) is 71.7 Å². The molecule has 5 rings (SSSR count). The van der Waals surface area contributed by atoms with Crippen molar-refractivity contribution in [1.29, 1.82) is 0 Å². The lowest BCUT2D eigenvalue weighted by Gasteiger charge is -2.28. The Morgan fingerprint density at radius 1 is 0.903 bits per heavy atom. The molecule has 1 aliphatic heterocycles. The van der Waals surface area contributed by atoms with E-state index in [0.717, 1.165) is 19.3 Å². The molecule has 0 unspecified atom stereocenters. The second-order valence-corrected chi connectivity index (χ2v) is 7.34. The average molecular weight is 424 g/mol. The van der Waals surface area contributed by atoms with Gasteiger partial charge in [0.15, 0.2) is 17.5 Å². The maximum Gasteiger partial charge on any atom is 0.183 e. The Kier molecular flexibility index (Phi) is 5.03. The van der Waals surface area contributed by atoms with E-state index in [9.17, 15) is 13.2 Å². The van der Waals surface area contributed by atoms with E-state index >= 15 is 0 Å². The molecule has 31 heavy (non-hydrogen) atoms. The topological polar surface area (TPSA) is 58.9 Å². The number of piperazine rings is 1. The number of para-hydroxylation sites is 1. The number of anilines is 1. The van der Waals surface area contributed by atoms with Crippen LogP contribution in [-0.2, 0) is 6.54 Å². The van der Waals surface area contributed by atoms with Crippen molar-refractivity contribution in [2.24, 2.45) is 0 Å². The SMILES string of the molecule is Fc1ccccc1Cn1nc(-c2ncc(F)c(N3CCNCC3)n2)c2cccc(F)c21. The zero-order valence-electron chi connectivity index (χ0n) is 16.5. The molecule has 1 aliphatic rings. The summed E-state index contributed by atoms with van der Waals surface area (Å²) in [5.41, 5.74) is 0.919. The van der Waals surface area contributed by atoms with Crippen LogP contribution in [-0.4, -0.2) is 45.9 Å². The molecule has 0 bridgehead atoms. The molecular weight excluding hydrogens is 405 g/mol. The number of hydrogen-bond acceptors (Lipinski definition) is 5. The summed E-state index contributed by atoms with van der Waals surface area (Å²) in [6.45, 7) is 2.72. The predicted molar refractivity (Wildman–Crippen MR) is 111 cm³/mol. The van der Waals surface area contributed by atoms with Crippen molar-refractivity contribution in [1.82, 2.24) is 25.1 Å². The van der Waals surface area contributed by atoms with Crippen LogP contribution in [0, 0.1) is 17.5 Å². The number of halogens is 3. The summed E-state index contributed by atoms with van der Waals surface area (Å²) in [7, 11) is 0. The second-order valence-electron chi connectivity index (χ2n) is 7.34. The Balaban J connectivity index is 1.63. The van der Waals surface area contributed by atoms with Crippen LogP contribution in [0.25, 0.3) is 22.4 Å². The van der Waals surface area contributed by atoms with E-state index in [1.165, 1.54) is 16.8 Å². The minimum atomic E-state index is -0.521. The molecule has 6 nitrogen and oxygen atoms in total. The molecule has 0 radical (unpaired) electrons. The molecule has 1 saturated heterocycles. The summed E-state index contributed by atoms with van der Waals surface area (Å²) in [5.74, 6) is -1.02. The van der Waals surface area contributed by atoms with Gasteiger partial charge in [-0.05, 0) is 12.1 Å². The summed E-state index contributed by atoms with van der Waals surface area (Å²) < 4.78 is 44.8. The van der Waals surface area contributed by atoms with E-state index in [-0.39, 0.29) is 23.7 Å². The fourth-order valence-electron chi connectivity index (χ4n) is 3.83.